The molecule has 1 aliphatic carbocycles. The molecular weight excluding hydrogens is 394 g/mol. The van der Waals surface area contributed by atoms with Crippen molar-refractivity contribution in [1.29, 1.82) is 0 Å². The second-order valence-electron chi connectivity index (χ2n) is 7.92. The van der Waals surface area contributed by atoms with Crippen LogP contribution in [-0.2, 0) is 6.54 Å². The monoisotopic (exact) mass is 421 g/mol. The zero-order valence-electron chi connectivity index (χ0n) is 17.7. The molecule has 0 radical (unpaired) electrons. The lowest BCUT2D eigenvalue weighted by Gasteiger charge is -2.28. The van der Waals surface area contributed by atoms with Gasteiger partial charge in [0.15, 0.2) is 0 Å². The van der Waals surface area contributed by atoms with Crippen molar-refractivity contribution in [1.82, 2.24) is 15.0 Å². The van der Waals surface area contributed by atoms with E-state index in [2.05, 4.69) is 22.3 Å². The van der Waals surface area contributed by atoms with Crippen molar-refractivity contribution in [2.75, 3.05) is 6.54 Å². The Hall–Kier alpha value is -2.73. The third kappa shape index (κ3) is 4.38. The summed E-state index contributed by atoms with van der Waals surface area (Å²) < 4.78 is 5.55. The van der Waals surface area contributed by atoms with Crippen molar-refractivity contribution in [3.8, 4) is 11.3 Å². The number of aromatic nitrogens is 2. The highest BCUT2D eigenvalue weighted by atomic mass is 32.1. The summed E-state index contributed by atoms with van der Waals surface area (Å²) in [4.78, 5) is 20.7. The molecule has 5 nitrogen and oxygen atoms in total. The number of carbonyl (C=O) groups is 1. The number of amides is 1. The molecule has 1 atom stereocenters. The summed E-state index contributed by atoms with van der Waals surface area (Å²) in [6, 6.07) is 10.0. The van der Waals surface area contributed by atoms with Gasteiger partial charge < -0.3 is 9.42 Å². The Balaban J connectivity index is 1.66. The van der Waals surface area contributed by atoms with E-state index < -0.39 is 0 Å². The molecule has 0 spiro atoms. The SMILES string of the molecule is Cc1nc(C)c(C(=O)N(Cc2c(-c3ccccc3)noc2C)C[C@H]2CC=CCC2)s1. The van der Waals surface area contributed by atoms with E-state index >= 15 is 0 Å². The maximum Gasteiger partial charge on any atom is 0.266 e. The Kier molecular flexibility index (Phi) is 6.13. The number of nitrogens with zero attached hydrogens (tertiary/aromatic N) is 3. The lowest BCUT2D eigenvalue weighted by atomic mass is 9.93. The van der Waals surface area contributed by atoms with Crippen LogP contribution in [0.3, 0.4) is 0 Å². The first-order chi connectivity index (χ1) is 14.5. The van der Waals surface area contributed by atoms with Crippen molar-refractivity contribution in [2.24, 2.45) is 5.92 Å². The van der Waals surface area contributed by atoms with Crippen LogP contribution in [0.15, 0.2) is 47.0 Å². The van der Waals surface area contributed by atoms with E-state index in [9.17, 15) is 4.79 Å². The van der Waals surface area contributed by atoms with E-state index in [-0.39, 0.29) is 5.91 Å². The minimum atomic E-state index is 0.0484. The molecular formula is C24H27N3O2S. The fourth-order valence-electron chi connectivity index (χ4n) is 4.02. The van der Waals surface area contributed by atoms with E-state index in [1.807, 2.05) is 56.0 Å². The van der Waals surface area contributed by atoms with Gasteiger partial charge in [-0.25, -0.2) is 4.98 Å². The summed E-state index contributed by atoms with van der Waals surface area (Å²) in [5.74, 6) is 1.27. The minimum Gasteiger partial charge on any atom is -0.361 e. The van der Waals surface area contributed by atoms with E-state index in [1.54, 1.807) is 0 Å². The van der Waals surface area contributed by atoms with E-state index in [4.69, 9.17) is 4.52 Å². The van der Waals surface area contributed by atoms with E-state index in [0.29, 0.717) is 12.5 Å². The van der Waals surface area contributed by atoms with Gasteiger partial charge in [-0.3, -0.25) is 4.79 Å². The molecule has 0 saturated carbocycles. The summed E-state index contributed by atoms with van der Waals surface area (Å²) in [5, 5.41) is 5.22. The lowest BCUT2D eigenvalue weighted by molar-refractivity contribution is 0.0714. The van der Waals surface area contributed by atoms with E-state index in [1.165, 1.54) is 11.3 Å². The normalized spacial score (nSPS) is 16.0. The smallest absolute Gasteiger partial charge is 0.266 e. The van der Waals surface area contributed by atoms with Gasteiger partial charge >= 0.3 is 0 Å². The molecule has 0 aliphatic heterocycles. The maximum absolute atomic E-state index is 13.6. The molecule has 2 heterocycles. The fraction of sp³-hybridized carbons (Fsp3) is 0.375. The Labute approximate surface area is 181 Å². The second kappa shape index (κ2) is 8.96. The van der Waals surface area contributed by atoms with Crippen LogP contribution in [0.2, 0.25) is 0 Å². The van der Waals surface area contributed by atoms with Crippen LogP contribution in [0, 0.1) is 26.7 Å². The molecule has 1 aromatic carbocycles. The van der Waals surface area contributed by atoms with Crippen LogP contribution in [0.1, 0.15) is 51.0 Å². The van der Waals surface area contributed by atoms with Gasteiger partial charge in [-0.15, -0.1) is 11.3 Å². The van der Waals surface area contributed by atoms with Gasteiger partial charge in [-0.05, 0) is 46.0 Å². The van der Waals surface area contributed by atoms with Gasteiger partial charge in [-0.2, -0.15) is 0 Å². The highest BCUT2D eigenvalue weighted by Gasteiger charge is 2.27. The molecule has 3 aromatic rings. The van der Waals surface area contributed by atoms with Crippen molar-refractivity contribution >= 4 is 17.2 Å². The molecule has 0 unspecified atom stereocenters. The third-order valence-corrected chi connectivity index (χ3v) is 6.68. The number of hydrogen-bond acceptors (Lipinski definition) is 5. The number of carbonyl (C=O) groups excluding carboxylic acids is 1. The van der Waals surface area contributed by atoms with Crippen LogP contribution >= 0.6 is 11.3 Å². The quantitative estimate of drug-likeness (QED) is 0.478. The zero-order chi connectivity index (χ0) is 21.1. The highest BCUT2D eigenvalue weighted by molar-refractivity contribution is 7.13. The van der Waals surface area contributed by atoms with Gasteiger partial charge in [0.25, 0.3) is 5.91 Å². The van der Waals surface area contributed by atoms with Gasteiger partial charge in [0.2, 0.25) is 0 Å². The first kappa shape index (κ1) is 20.5. The van der Waals surface area contributed by atoms with Crippen LogP contribution in [0.4, 0.5) is 0 Å². The Morgan fingerprint density at radius 3 is 2.67 bits per heavy atom. The molecule has 1 amide bonds. The fourth-order valence-corrected chi connectivity index (χ4v) is 4.91. The predicted octanol–water partition coefficient (Wildman–Crippen LogP) is 5.72. The first-order valence-electron chi connectivity index (χ1n) is 10.4. The number of thiazole rings is 1. The number of allylic oxidation sites excluding steroid dienone is 2. The average molecular weight is 422 g/mol. The van der Waals surface area contributed by atoms with Gasteiger partial charge in [-0.1, -0.05) is 47.6 Å². The molecule has 4 rings (SSSR count). The topological polar surface area (TPSA) is 59.2 Å². The van der Waals surface area contributed by atoms with Gasteiger partial charge in [0.05, 0.1) is 17.2 Å². The summed E-state index contributed by atoms with van der Waals surface area (Å²) >= 11 is 1.47. The van der Waals surface area contributed by atoms with Crippen molar-refractivity contribution in [3.05, 3.63) is 69.4 Å². The first-order valence-corrected chi connectivity index (χ1v) is 11.2. The summed E-state index contributed by atoms with van der Waals surface area (Å²) in [7, 11) is 0. The Morgan fingerprint density at radius 2 is 2.00 bits per heavy atom. The maximum atomic E-state index is 13.6. The number of hydrogen-bond donors (Lipinski definition) is 0. The van der Waals surface area contributed by atoms with Crippen LogP contribution in [0.25, 0.3) is 11.3 Å². The minimum absolute atomic E-state index is 0.0484. The predicted molar refractivity (Wildman–Crippen MR) is 119 cm³/mol. The van der Waals surface area contributed by atoms with Crippen molar-refractivity contribution in [2.45, 2.75) is 46.6 Å². The van der Waals surface area contributed by atoms with Crippen LogP contribution < -0.4 is 0 Å². The molecule has 0 N–H and O–H groups in total. The van der Waals surface area contributed by atoms with E-state index in [0.717, 1.165) is 64.0 Å². The van der Waals surface area contributed by atoms with Gasteiger partial charge in [0, 0.05) is 17.7 Å². The highest BCUT2D eigenvalue weighted by Crippen LogP contribution is 2.29. The zero-order valence-corrected chi connectivity index (χ0v) is 18.5. The molecule has 6 heteroatoms. The Bertz CT molecular complexity index is 1050. The molecule has 156 valence electrons. The summed E-state index contributed by atoms with van der Waals surface area (Å²) in [6.45, 7) is 6.98. The van der Waals surface area contributed by atoms with Gasteiger partial charge in [0.1, 0.15) is 16.3 Å². The number of aryl methyl sites for hydroxylation is 3. The third-order valence-electron chi connectivity index (χ3n) is 5.62. The molecule has 2 aromatic heterocycles. The van der Waals surface area contributed by atoms with Crippen molar-refractivity contribution in [3.63, 3.8) is 0 Å². The standard InChI is InChI=1S/C24H27N3O2S/c1-16-23(30-18(3)25-16)24(28)27(14-19-10-6-4-7-11-19)15-21-17(2)29-26-22(21)20-12-8-5-9-13-20/h4-6,8-9,12-13,19H,7,10-11,14-15H2,1-3H3/t19-/m0/s1. The molecule has 0 bridgehead atoms. The van der Waals surface area contributed by atoms with Crippen LogP contribution in [0.5, 0.6) is 0 Å². The lowest BCUT2D eigenvalue weighted by Crippen LogP contribution is -2.35. The molecule has 0 fully saturated rings. The second-order valence-corrected chi connectivity index (χ2v) is 9.12. The Morgan fingerprint density at radius 1 is 1.20 bits per heavy atom. The molecule has 30 heavy (non-hydrogen) atoms. The molecule has 1 aliphatic rings. The number of benzene rings is 1. The van der Waals surface area contributed by atoms with Crippen LogP contribution in [-0.4, -0.2) is 27.5 Å². The summed E-state index contributed by atoms with van der Waals surface area (Å²) in [5.41, 5.74) is 3.59. The average Bonchev–Trinajstić information content (AvgIpc) is 3.29. The summed E-state index contributed by atoms with van der Waals surface area (Å²) in [6.07, 6.45) is 7.66. The number of rotatable bonds is 6. The van der Waals surface area contributed by atoms with Crippen molar-refractivity contribution < 1.29 is 9.32 Å². The largest absolute Gasteiger partial charge is 0.361 e. The molecule has 0 saturated heterocycles.